The van der Waals surface area contributed by atoms with Crippen molar-refractivity contribution in [1.29, 1.82) is 5.26 Å². The molecule has 4 aromatic rings. The Morgan fingerprint density at radius 3 is 2.69 bits per heavy atom. The Hall–Kier alpha value is -4.42. The number of H-pyrrole nitrogens is 1. The number of halogens is 2. The topological polar surface area (TPSA) is 114 Å². The molecule has 0 amide bonds. The van der Waals surface area contributed by atoms with Crippen LogP contribution in [-0.2, 0) is 6.61 Å². The number of benzene rings is 3. The van der Waals surface area contributed by atoms with Crippen molar-refractivity contribution in [3.05, 3.63) is 92.5 Å². The molecule has 1 N–H and O–H groups in total. The summed E-state index contributed by atoms with van der Waals surface area (Å²) in [4.78, 5) is 17.7. The summed E-state index contributed by atoms with van der Waals surface area (Å²) in [6, 6.07) is 15.5. The molecule has 0 saturated carbocycles. The highest BCUT2D eigenvalue weighted by molar-refractivity contribution is 6.32. The molecule has 3 aromatic carbocycles. The van der Waals surface area contributed by atoms with Gasteiger partial charge in [0.1, 0.15) is 24.3 Å². The lowest BCUT2D eigenvalue weighted by Crippen LogP contribution is -2.01. The molecule has 0 spiro atoms. The molecule has 0 atom stereocenters. The van der Waals surface area contributed by atoms with Gasteiger partial charge in [0.15, 0.2) is 11.5 Å². The van der Waals surface area contributed by atoms with Crippen LogP contribution in [0.5, 0.6) is 11.5 Å². The average molecular weight is 493 g/mol. The summed E-state index contributed by atoms with van der Waals surface area (Å²) >= 11 is 6.49. The van der Waals surface area contributed by atoms with Gasteiger partial charge in [-0.15, -0.1) is 0 Å². The van der Waals surface area contributed by atoms with Crippen LogP contribution in [0.1, 0.15) is 23.9 Å². The number of hydrogen-bond donors (Lipinski definition) is 1. The summed E-state index contributed by atoms with van der Waals surface area (Å²) in [5.74, 6) is 0.562. The maximum Gasteiger partial charge on any atom is 0.269 e. The number of non-ortho nitro benzene ring substituents is 1. The number of rotatable bonds is 8. The van der Waals surface area contributed by atoms with E-state index in [1.807, 2.05) is 6.92 Å². The predicted molar refractivity (Wildman–Crippen MR) is 130 cm³/mol. The van der Waals surface area contributed by atoms with Gasteiger partial charge < -0.3 is 14.5 Å². The molecular weight excluding hydrogens is 475 g/mol. The number of imidazole rings is 1. The Morgan fingerprint density at radius 1 is 1.23 bits per heavy atom. The third-order valence-corrected chi connectivity index (χ3v) is 5.27. The van der Waals surface area contributed by atoms with Crippen molar-refractivity contribution in [2.45, 2.75) is 13.5 Å². The van der Waals surface area contributed by atoms with Gasteiger partial charge in [-0.2, -0.15) is 5.26 Å². The van der Waals surface area contributed by atoms with Crippen molar-refractivity contribution in [3.63, 3.8) is 0 Å². The van der Waals surface area contributed by atoms with E-state index < -0.39 is 10.7 Å². The fourth-order valence-corrected chi connectivity index (χ4v) is 3.65. The van der Waals surface area contributed by atoms with Gasteiger partial charge in [-0.25, -0.2) is 9.37 Å². The van der Waals surface area contributed by atoms with Crippen LogP contribution in [0.15, 0.2) is 54.6 Å². The summed E-state index contributed by atoms with van der Waals surface area (Å²) in [6.45, 7) is 2.27. The molecule has 4 rings (SSSR count). The van der Waals surface area contributed by atoms with Gasteiger partial charge >= 0.3 is 0 Å². The smallest absolute Gasteiger partial charge is 0.269 e. The van der Waals surface area contributed by atoms with Gasteiger partial charge in [0, 0.05) is 12.1 Å². The number of fused-ring (bicyclic) bond motifs is 1. The molecule has 0 bridgehead atoms. The van der Waals surface area contributed by atoms with E-state index in [1.165, 1.54) is 30.3 Å². The lowest BCUT2D eigenvalue weighted by Gasteiger charge is -2.14. The lowest BCUT2D eigenvalue weighted by molar-refractivity contribution is -0.384. The zero-order chi connectivity index (χ0) is 24.9. The van der Waals surface area contributed by atoms with Crippen molar-refractivity contribution in [2.24, 2.45) is 0 Å². The number of nitrogens with one attached hydrogen (secondary N) is 1. The molecule has 0 saturated heterocycles. The molecule has 1 aromatic heterocycles. The number of aromatic nitrogens is 2. The van der Waals surface area contributed by atoms with E-state index in [9.17, 15) is 19.8 Å². The van der Waals surface area contributed by atoms with Crippen LogP contribution in [0.4, 0.5) is 10.1 Å². The fraction of sp³-hybridized carbons (Fsp3) is 0.120. The Bertz CT molecular complexity index is 1480. The second-order valence-electron chi connectivity index (χ2n) is 7.39. The van der Waals surface area contributed by atoms with Crippen LogP contribution in [-0.4, -0.2) is 21.5 Å². The van der Waals surface area contributed by atoms with E-state index in [0.717, 1.165) is 0 Å². The van der Waals surface area contributed by atoms with Gasteiger partial charge in [0.05, 0.1) is 33.2 Å². The Kier molecular flexibility index (Phi) is 6.94. The van der Waals surface area contributed by atoms with Crippen molar-refractivity contribution in [2.75, 3.05) is 6.61 Å². The summed E-state index contributed by atoms with van der Waals surface area (Å²) < 4.78 is 25.1. The second-order valence-corrected chi connectivity index (χ2v) is 7.80. The average Bonchev–Trinajstić information content (AvgIpc) is 3.25. The minimum Gasteiger partial charge on any atom is -0.490 e. The van der Waals surface area contributed by atoms with Crippen LogP contribution < -0.4 is 9.47 Å². The first-order valence-corrected chi connectivity index (χ1v) is 10.9. The monoisotopic (exact) mass is 492 g/mol. The Labute approximate surface area is 204 Å². The minimum absolute atomic E-state index is 0.0131. The van der Waals surface area contributed by atoms with Crippen LogP contribution in [0.3, 0.4) is 0 Å². The van der Waals surface area contributed by atoms with Gasteiger partial charge in [-0.1, -0.05) is 11.6 Å². The first-order valence-electron chi connectivity index (χ1n) is 10.5. The first kappa shape index (κ1) is 23.7. The molecular formula is C25H18ClFN4O4. The number of allylic oxidation sites excluding steroid dienone is 1. The molecule has 8 nitrogen and oxygen atoms in total. The fourth-order valence-electron chi connectivity index (χ4n) is 3.37. The summed E-state index contributed by atoms with van der Waals surface area (Å²) in [6.07, 6.45) is 1.59. The lowest BCUT2D eigenvalue weighted by atomic mass is 10.1. The number of aromatic amines is 1. The van der Waals surface area contributed by atoms with E-state index in [2.05, 4.69) is 16.0 Å². The molecule has 0 aliphatic carbocycles. The molecule has 10 heteroatoms. The Morgan fingerprint density at radius 2 is 2.00 bits per heavy atom. The van der Waals surface area contributed by atoms with Crippen LogP contribution in [0.25, 0.3) is 22.7 Å². The van der Waals surface area contributed by atoms with E-state index in [0.29, 0.717) is 46.1 Å². The highest BCUT2D eigenvalue weighted by Gasteiger charge is 2.15. The minimum atomic E-state index is -0.472. The molecule has 0 radical (unpaired) electrons. The van der Waals surface area contributed by atoms with Crippen molar-refractivity contribution >= 4 is 40.0 Å². The number of ether oxygens (including phenoxy) is 2. The highest BCUT2D eigenvalue weighted by atomic mass is 35.5. The standard InChI is InChI=1S/C25H18ClFN4O4/c1-2-34-23-11-16(9-17(13-28)25-29-21-8-5-18(27)12-22(21)30-25)10-20(26)24(23)35-14-15-3-6-19(7-4-15)31(32)33/h3-12H,2,14H2,1H3,(H,29,30)/b17-9-. The Balaban J connectivity index is 1.62. The zero-order valence-electron chi connectivity index (χ0n) is 18.4. The maximum atomic E-state index is 13.5. The van der Waals surface area contributed by atoms with Gasteiger partial charge in [-0.05, 0) is 66.6 Å². The summed E-state index contributed by atoms with van der Waals surface area (Å²) in [7, 11) is 0. The second kappa shape index (κ2) is 10.2. The van der Waals surface area contributed by atoms with Crippen LogP contribution in [0.2, 0.25) is 5.02 Å². The maximum absolute atomic E-state index is 13.5. The SMILES string of the molecule is CCOc1cc(/C=C(/C#N)c2nc3ccc(F)cc3[nH]2)cc(Cl)c1OCc1ccc([N+](=O)[O-])cc1. The number of nitro groups is 1. The van der Waals surface area contributed by atoms with Gasteiger partial charge in [0.25, 0.3) is 5.69 Å². The third-order valence-electron chi connectivity index (χ3n) is 4.99. The number of nitrogens with zero attached hydrogens (tertiary/aromatic N) is 3. The third kappa shape index (κ3) is 5.39. The largest absolute Gasteiger partial charge is 0.490 e. The van der Waals surface area contributed by atoms with E-state index in [1.54, 1.807) is 30.3 Å². The van der Waals surface area contributed by atoms with Crippen molar-refractivity contribution in [1.82, 2.24) is 9.97 Å². The molecule has 0 fully saturated rings. The van der Waals surface area contributed by atoms with Crippen LogP contribution in [0, 0.1) is 27.3 Å². The molecule has 0 unspecified atom stereocenters. The van der Waals surface area contributed by atoms with E-state index >= 15 is 0 Å². The molecule has 0 aliphatic rings. The molecule has 1 heterocycles. The number of nitro benzene ring substituents is 1. The quantitative estimate of drug-likeness (QED) is 0.175. The first-order chi connectivity index (χ1) is 16.9. The molecule has 35 heavy (non-hydrogen) atoms. The highest BCUT2D eigenvalue weighted by Crippen LogP contribution is 2.38. The van der Waals surface area contributed by atoms with Crippen molar-refractivity contribution in [3.8, 4) is 17.6 Å². The van der Waals surface area contributed by atoms with Gasteiger partial charge in [0.2, 0.25) is 0 Å². The number of hydrogen-bond acceptors (Lipinski definition) is 6. The normalized spacial score (nSPS) is 11.3. The zero-order valence-corrected chi connectivity index (χ0v) is 19.2. The molecule has 0 aliphatic heterocycles. The summed E-state index contributed by atoms with van der Waals surface area (Å²) in [5.41, 5.74) is 2.51. The van der Waals surface area contributed by atoms with Crippen molar-refractivity contribution < 1.29 is 18.8 Å². The van der Waals surface area contributed by atoms with Crippen LogP contribution >= 0.6 is 11.6 Å². The van der Waals surface area contributed by atoms with Gasteiger partial charge in [-0.3, -0.25) is 10.1 Å². The number of nitriles is 1. The molecule has 176 valence electrons. The van der Waals surface area contributed by atoms with E-state index in [-0.39, 0.29) is 22.9 Å². The van der Waals surface area contributed by atoms with E-state index in [4.69, 9.17) is 21.1 Å². The summed E-state index contributed by atoms with van der Waals surface area (Å²) in [5, 5.41) is 20.8. The predicted octanol–water partition coefficient (Wildman–Crippen LogP) is 6.31.